The number of aliphatic hydroxyl groups excluding tert-OH is 1. The Balaban J connectivity index is 0.00000261. The van der Waals surface area contributed by atoms with E-state index in [-0.39, 0.29) is 30.1 Å². The van der Waals surface area contributed by atoms with Crippen molar-refractivity contribution in [3.05, 3.63) is 35.4 Å². The van der Waals surface area contributed by atoms with Crippen molar-refractivity contribution in [2.24, 2.45) is 10.9 Å². The van der Waals surface area contributed by atoms with Gasteiger partial charge in [0.15, 0.2) is 5.96 Å². The van der Waals surface area contributed by atoms with Crippen LogP contribution in [0.2, 0.25) is 0 Å². The Kier molecular flexibility index (Phi) is 9.32. The first-order valence-corrected chi connectivity index (χ1v) is 10.1. The van der Waals surface area contributed by atoms with Crippen LogP contribution in [0.5, 0.6) is 0 Å². The molecule has 5 nitrogen and oxygen atoms in total. The van der Waals surface area contributed by atoms with Crippen molar-refractivity contribution >= 4 is 29.9 Å². The van der Waals surface area contributed by atoms with Crippen LogP contribution < -0.4 is 5.32 Å². The van der Waals surface area contributed by atoms with Gasteiger partial charge in [0.25, 0.3) is 0 Å². The first kappa shape index (κ1) is 22.4. The van der Waals surface area contributed by atoms with Gasteiger partial charge in [-0.3, -0.25) is 9.89 Å². The lowest BCUT2D eigenvalue weighted by molar-refractivity contribution is 0.136. The minimum Gasteiger partial charge on any atom is -0.393 e. The molecule has 2 atom stereocenters. The van der Waals surface area contributed by atoms with Crippen LogP contribution in [0.1, 0.15) is 37.3 Å². The molecule has 1 saturated carbocycles. The summed E-state index contributed by atoms with van der Waals surface area (Å²) in [5, 5.41) is 13.5. The molecule has 6 heteroatoms. The first-order valence-electron chi connectivity index (χ1n) is 10.1. The van der Waals surface area contributed by atoms with Gasteiger partial charge in [-0.2, -0.15) is 0 Å². The molecule has 0 radical (unpaired) electrons. The Bertz CT molecular complexity index is 602. The third-order valence-electron chi connectivity index (χ3n) is 5.59. The number of guanidine groups is 1. The second-order valence-corrected chi connectivity index (χ2v) is 7.71. The van der Waals surface area contributed by atoms with Gasteiger partial charge in [-0.15, -0.1) is 24.0 Å². The molecule has 1 aliphatic heterocycles. The van der Waals surface area contributed by atoms with Crippen molar-refractivity contribution < 1.29 is 5.11 Å². The van der Waals surface area contributed by atoms with Crippen LogP contribution in [0.4, 0.5) is 0 Å². The smallest absolute Gasteiger partial charge is 0.194 e. The maximum absolute atomic E-state index is 10.0. The molecule has 0 bridgehead atoms. The van der Waals surface area contributed by atoms with E-state index in [0.717, 1.165) is 71.0 Å². The van der Waals surface area contributed by atoms with E-state index in [0.29, 0.717) is 5.92 Å². The average Bonchev–Trinajstić information content (AvgIpc) is 3.04. The standard InChI is InChI=1S/C21H34N4O.HI/c1-3-22-21(23-15-19-8-5-9-20(19)26)25-12-10-24(11-13-25)16-18-7-4-6-17(2)14-18;/h4,6-7,14,19-20,26H,3,5,8-13,15-16H2,1-2H3,(H,22,23);1H. The Morgan fingerprint density at radius 1 is 1.22 bits per heavy atom. The highest BCUT2D eigenvalue weighted by atomic mass is 127. The van der Waals surface area contributed by atoms with Gasteiger partial charge in [-0.1, -0.05) is 36.2 Å². The van der Waals surface area contributed by atoms with Crippen molar-refractivity contribution in [1.29, 1.82) is 0 Å². The van der Waals surface area contributed by atoms with E-state index in [1.54, 1.807) is 0 Å². The van der Waals surface area contributed by atoms with E-state index in [1.807, 2.05) is 0 Å². The summed E-state index contributed by atoms with van der Waals surface area (Å²) in [6.45, 7) is 11.1. The molecule has 0 amide bonds. The summed E-state index contributed by atoms with van der Waals surface area (Å²) in [4.78, 5) is 9.74. The molecule has 2 aliphatic rings. The quantitative estimate of drug-likeness (QED) is 0.382. The van der Waals surface area contributed by atoms with Gasteiger partial charge in [0.05, 0.1) is 6.10 Å². The molecule has 1 saturated heterocycles. The van der Waals surface area contributed by atoms with Crippen molar-refractivity contribution in [2.45, 2.75) is 45.8 Å². The van der Waals surface area contributed by atoms with Crippen LogP contribution in [-0.4, -0.2) is 66.2 Å². The van der Waals surface area contributed by atoms with Crippen LogP contribution in [-0.2, 0) is 6.54 Å². The van der Waals surface area contributed by atoms with Gasteiger partial charge in [0, 0.05) is 51.7 Å². The normalized spacial score (nSPS) is 24.0. The Hall–Kier alpha value is -0.860. The second-order valence-electron chi connectivity index (χ2n) is 7.71. The van der Waals surface area contributed by atoms with Crippen LogP contribution in [0, 0.1) is 12.8 Å². The fourth-order valence-electron chi connectivity index (χ4n) is 4.05. The number of halogens is 1. The number of benzene rings is 1. The zero-order valence-corrected chi connectivity index (χ0v) is 19.1. The molecule has 1 aliphatic carbocycles. The third-order valence-corrected chi connectivity index (χ3v) is 5.59. The molecule has 2 fully saturated rings. The third kappa shape index (κ3) is 6.61. The number of nitrogens with zero attached hydrogens (tertiary/aromatic N) is 3. The van der Waals surface area contributed by atoms with Gasteiger partial charge in [0.1, 0.15) is 0 Å². The van der Waals surface area contributed by atoms with E-state index in [9.17, 15) is 5.11 Å². The highest BCUT2D eigenvalue weighted by Gasteiger charge is 2.26. The van der Waals surface area contributed by atoms with E-state index in [1.165, 1.54) is 11.1 Å². The molecule has 2 N–H and O–H groups in total. The summed E-state index contributed by atoms with van der Waals surface area (Å²) >= 11 is 0. The zero-order valence-electron chi connectivity index (χ0n) is 16.7. The Labute approximate surface area is 181 Å². The maximum Gasteiger partial charge on any atom is 0.194 e. The molecule has 152 valence electrons. The fourth-order valence-corrected chi connectivity index (χ4v) is 4.05. The molecule has 1 heterocycles. The average molecular weight is 486 g/mol. The zero-order chi connectivity index (χ0) is 18.4. The SMILES string of the molecule is CCNC(=NCC1CCCC1O)N1CCN(Cc2cccc(C)c2)CC1.I. The molecule has 2 unspecified atom stereocenters. The summed E-state index contributed by atoms with van der Waals surface area (Å²) < 4.78 is 0. The minimum absolute atomic E-state index is 0. The second kappa shape index (κ2) is 11.2. The highest BCUT2D eigenvalue weighted by Crippen LogP contribution is 2.25. The Morgan fingerprint density at radius 3 is 2.63 bits per heavy atom. The maximum atomic E-state index is 10.0. The molecule has 27 heavy (non-hydrogen) atoms. The van der Waals surface area contributed by atoms with Crippen LogP contribution >= 0.6 is 24.0 Å². The molecular weight excluding hydrogens is 451 g/mol. The summed E-state index contributed by atoms with van der Waals surface area (Å²) in [6, 6.07) is 8.80. The number of hydrogen-bond donors (Lipinski definition) is 2. The van der Waals surface area contributed by atoms with Crippen molar-refractivity contribution in [2.75, 3.05) is 39.3 Å². The number of aliphatic hydroxyl groups is 1. The lowest BCUT2D eigenvalue weighted by atomic mass is 10.1. The number of nitrogens with one attached hydrogen (secondary N) is 1. The van der Waals surface area contributed by atoms with Crippen LogP contribution in [0.25, 0.3) is 0 Å². The van der Waals surface area contributed by atoms with Crippen molar-refractivity contribution in [3.63, 3.8) is 0 Å². The first-order chi connectivity index (χ1) is 12.7. The van der Waals surface area contributed by atoms with E-state index >= 15 is 0 Å². The topological polar surface area (TPSA) is 51.1 Å². The number of aliphatic imine (C=N–C) groups is 1. The summed E-state index contributed by atoms with van der Waals surface area (Å²) in [5.41, 5.74) is 2.73. The highest BCUT2D eigenvalue weighted by molar-refractivity contribution is 14.0. The molecule has 3 rings (SSSR count). The van der Waals surface area contributed by atoms with E-state index in [2.05, 4.69) is 53.2 Å². The van der Waals surface area contributed by atoms with Gasteiger partial charge in [-0.05, 0) is 32.3 Å². The van der Waals surface area contributed by atoms with Gasteiger partial charge in [0.2, 0.25) is 0 Å². The number of rotatable bonds is 5. The number of aryl methyl sites for hydroxylation is 1. The summed E-state index contributed by atoms with van der Waals surface area (Å²) in [7, 11) is 0. The molecular formula is C21H35IN4O. The van der Waals surface area contributed by atoms with Gasteiger partial charge in [-0.25, -0.2) is 0 Å². The van der Waals surface area contributed by atoms with Crippen molar-refractivity contribution in [3.8, 4) is 0 Å². The Morgan fingerprint density at radius 2 is 2.00 bits per heavy atom. The molecule has 1 aromatic carbocycles. The lowest BCUT2D eigenvalue weighted by Gasteiger charge is -2.36. The fraction of sp³-hybridized carbons (Fsp3) is 0.667. The molecule has 1 aromatic rings. The molecule has 0 spiro atoms. The van der Waals surface area contributed by atoms with Gasteiger partial charge >= 0.3 is 0 Å². The number of hydrogen-bond acceptors (Lipinski definition) is 3. The summed E-state index contributed by atoms with van der Waals surface area (Å²) in [6.07, 6.45) is 3.02. The lowest BCUT2D eigenvalue weighted by Crippen LogP contribution is -2.52. The summed E-state index contributed by atoms with van der Waals surface area (Å²) in [5.74, 6) is 1.35. The van der Waals surface area contributed by atoms with Crippen molar-refractivity contribution in [1.82, 2.24) is 15.1 Å². The largest absolute Gasteiger partial charge is 0.393 e. The monoisotopic (exact) mass is 486 g/mol. The predicted molar refractivity (Wildman–Crippen MR) is 123 cm³/mol. The number of piperazine rings is 1. The van der Waals surface area contributed by atoms with Crippen LogP contribution in [0.15, 0.2) is 29.3 Å². The van der Waals surface area contributed by atoms with E-state index in [4.69, 9.17) is 4.99 Å². The molecule has 0 aromatic heterocycles. The minimum atomic E-state index is -0.159. The predicted octanol–water partition coefficient (Wildman–Crippen LogP) is 2.86. The van der Waals surface area contributed by atoms with Gasteiger partial charge < -0.3 is 15.3 Å². The van der Waals surface area contributed by atoms with E-state index < -0.39 is 0 Å². The van der Waals surface area contributed by atoms with Crippen LogP contribution in [0.3, 0.4) is 0 Å².